The lowest BCUT2D eigenvalue weighted by Crippen LogP contribution is -2.05. The zero-order valence-electron chi connectivity index (χ0n) is 7.81. The van der Waals surface area contributed by atoms with Crippen molar-refractivity contribution in [3.05, 3.63) is 22.7 Å². The zero-order valence-corrected chi connectivity index (χ0v) is 9.40. The summed E-state index contributed by atoms with van der Waals surface area (Å²) in [6.07, 6.45) is 0.178. The van der Waals surface area contributed by atoms with Crippen LogP contribution in [0.4, 0.5) is 0 Å². The molecule has 5 heteroatoms. The number of benzene rings is 1. The monoisotopic (exact) mass is 272 g/mol. The molecule has 1 aromatic rings. The fourth-order valence-corrected chi connectivity index (χ4v) is 1.43. The van der Waals surface area contributed by atoms with E-state index in [0.29, 0.717) is 24.6 Å². The summed E-state index contributed by atoms with van der Waals surface area (Å²) < 4.78 is 16.1. The third-order valence-corrected chi connectivity index (χ3v) is 2.40. The number of halogens is 1. The maximum Gasteiger partial charge on any atom is 0.298 e. The quantitative estimate of drug-likeness (QED) is 0.606. The van der Waals surface area contributed by atoms with Gasteiger partial charge >= 0.3 is 0 Å². The van der Waals surface area contributed by atoms with E-state index in [1.807, 2.05) is 6.07 Å². The summed E-state index contributed by atoms with van der Waals surface area (Å²) in [5.41, 5.74) is 0. The number of carbonyl (C=O) groups excluding carboxylic acids is 1. The molecule has 0 aliphatic carbocycles. The highest BCUT2D eigenvalue weighted by Crippen LogP contribution is 2.30. The molecule has 1 atom stereocenters. The average Bonchev–Trinajstić information content (AvgIpc) is 3.01. The van der Waals surface area contributed by atoms with Gasteiger partial charge in [0.1, 0.15) is 12.7 Å². The molecule has 0 bridgehead atoms. The summed E-state index contributed by atoms with van der Waals surface area (Å²) in [7, 11) is 0. The Bertz CT molecular complexity index is 362. The van der Waals surface area contributed by atoms with Gasteiger partial charge in [0.15, 0.2) is 11.5 Å². The third kappa shape index (κ3) is 2.94. The Hall–Kier alpha value is -1.07. The number of hydrogen-bond acceptors (Lipinski definition) is 4. The molecular formula is C10H9BrO4. The molecule has 0 aromatic heterocycles. The topological polar surface area (TPSA) is 48.1 Å². The number of carbonyl (C=O) groups is 1. The van der Waals surface area contributed by atoms with Crippen LogP contribution in [0.15, 0.2) is 22.7 Å². The van der Waals surface area contributed by atoms with Crippen molar-refractivity contribution >= 4 is 22.4 Å². The van der Waals surface area contributed by atoms with E-state index in [0.717, 1.165) is 11.1 Å². The molecular weight excluding hydrogens is 264 g/mol. The highest BCUT2D eigenvalue weighted by atomic mass is 79.9. The largest absolute Gasteiger partial charge is 0.487 e. The first kappa shape index (κ1) is 10.4. The van der Waals surface area contributed by atoms with Crippen LogP contribution < -0.4 is 9.47 Å². The standard InChI is InChI=1S/C10H9BrO4/c11-7-1-2-9(10(3-7)15-6-12)14-5-8-4-13-8/h1-3,6,8H,4-5H2. The van der Waals surface area contributed by atoms with Gasteiger partial charge in [0.2, 0.25) is 0 Å². The zero-order chi connectivity index (χ0) is 10.7. The van der Waals surface area contributed by atoms with E-state index >= 15 is 0 Å². The van der Waals surface area contributed by atoms with Gasteiger partial charge in [0, 0.05) is 4.47 Å². The van der Waals surface area contributed by atoms with Crippen molar-refractivity contribution in [3.8, 4) is 11.5 Å². The number of epoxide rings is 1. The Morgan fingerprint density at radius 2 is 2.33 bits per heavy atom. The van der Waals surface area contributed by atoms with Crippen molar-refractivity contribution in [3.63, 3.8) is 0 Å². The normalized spacial score (nSPS) is 18.3. The average molecular weight is 273 g/mol. The summed E-state index contributed by atoms with van der Waals surface area (Å²) in [5, 5.41) is 0. The van der Waals surface area contributed by atoms with Gasteiger partial charge < -0.3 is 14.2 Å². The number of hydrogen-bond donors (Lipinski definition) is 0. The van der Waals surface area contributed by atoms with E-state index in [1.54, 1.807) is 12.1 Å². The molecule has 1 unspecified atom stereocenters. The molecule has 4 nitrogen and oxygen atoms in total. The van der Waals surface area contributed by atoms with Crippen molar-refractivity contribution in [2.75, 3.05) is 13.2 Å². The Morgan fingerprint density at radius 3 is 3.00 bits per heavy atom. The molecule has 1 aromatic carbocycles. The lowest BCUT2D eigenvalue weighted by Gasteiger charge is -2.08. The molecule has 0 saturated carbocycles. The molecule has 1 aliphatic heterocycles. The number of ether oxygens (including phenoxy) is 3. The van der Waals surface area contributed by atoms with Crippen LogP contribution >= 0.6 is 15.9 Å². The van der Waals surface area contributed by atoms with Crippen LogP contribution in [0.25, 0.3) is 0 Å². The molecule has 1 aliphatic rings. The molecule has 1 saturated heterocycles. The SMILES string of the molecule is O=COc1cc(Br)ccc1OCC1CO1. The Labute approximate surface area is 95.3 Å². The van der Waals surface area contributed by atoms with Gasteiger partial charge in [0.05, 0.1) is 6.61 Å². The molecule has 0 radical (unpaired) electrons. The van der Waals surface area contributed by atoms with Crippen LogP contribution in [0, 0.1) is 0 Å². The van der Waals surface area contributed by atoms with Crippen molar-refractivity contribution in [1.82, 2.24) is 0 Å². The van der Waals surface area contributed by atoms with Gasteiger partial charge in [-0.05, 0) is 18.2 Å². The van der Waals surface area contributed by atoms with E-state index in [4.69, 9.17) is 14.2 Å². The molecule has 1 fully saturated rings. The van der Waals surface area contributed by atoms with Gasteiger partial charge in [-0.25, -0.2) is 0 Å². The van der Waals surface area contributed by atoms with E-state index in [9.17, 15) is 4.79 Å². The highest BCUT2D eigenvalue weighted by molar-refractivity contribution is 9.10. The summed E-state index contributed by atoms with van der Waals surface area (Å²) in [6, 6.07) is 5.24. The molecule has 0 amide bonds. The summed E-state index contributed by atoms with van der Waals surface area (Å²) in [5.74, 6) is 0.945. The first-order chi connectivity index (χ1) is 7.29. The molecule has 80 valence electrons. The van der Waals surface area contributed by atoms with Gasteiger partial charge in [-0.1, -0.05) is 15.9 Å². The third-order valence-electron chi connectivity index (χ3n) is 1.91. The van der Waals surface area contributed by atoms with Crippen molar-refractivity contribution in [2.45, 2.75) is 6.10 Å². The highest BCUT2D eigenvalue weighted by Gasteiger charge is 2.23. The van der Waals surface area contributed by atoms with Crippen LogP contribution in [-0.2, 0) is 9.53 Å². The van der Waals surface area contributed by atoms with Crippen molar-refractivity contribution in [1.29, 1.82) is 0 Å². The summed E-state index contributed by atoms with van der Waals surface area (Å²) in [6.45, 7) is 1.60. The molecule has 2 rings (SSSR count). The second-order valence-electron chi connectivity index (χ2n) is 3.07. The van der Waals surface area contributed by atoms with E-state index in [-0.39, 0.29) is 6.10 Å². The second kappa shape index (κ2) is 4.63. The minimum absolute atomic E-state index is 0.178. The summed E-state index contributed by atoms with van der Waals surface area (Å²) in [4.78, 5) is 10.3. The molecule has 15 heavy (non-hydrogen) atoms. The van der Waals surface area contributed by atoms with Gasteiger partial charge in [0.25, 0.3) is 6.47 Å². The van der Waals surface area contributed by atoms with Crippen molar-refractivity contribution in [2.24, 2.45) is 0 Å². The fourth-order valence-electron chi connectivity index (χ4n) is 1.09. The van der Waals surface area contributed by atoms with Gasteiger partial charge in [-0.2, -0.15) is 0 Å². The Kier molecular flexibility index (Phi) is 3.23. The van der Waals surface area contributed by atoms with E-state index < -0.39 is 0 Å². The van der Waals surface area contributed by atoms with E-state index in [2.05, 4.69) is 15.9 Å². The first-order valence-corrected chi connectivity index (χ1v) is 5.23. The van der Waals surface area contributed by atoms with Gasteiger partial charge in [-0.3, -0.25) is 4.79 Å². The van der Waals surface area contributed by atoms with Crippen molar-refractivity contribution < 1.29 is 19.0 Å². The molecule has 1 heterocycles. The first-order valence-electron chi connectivity index (χ1n) is 4.44. The molecule has 0 N–H and O–H groups in total. The lowest BCUT2D eigenvalue weighted by atomic mass is 10.3. The fraction of sp³-hybridized carbons (Fsp3) is 0.300. The Balaban J connectivity index is 2.08. The maximum absolute atomic E-state index is 10.3. The second-order valence-corrected chi connectivity index (χ2v) is 3.99. The minimum atomic E-state index is 0.178. The minimum Gasteiger partial charge on any atom is -0.487 e. The molecule has 0 spiro atoms. The van der Waals surface area contributed by atoms with Crippen LogP contribution in [0.5, 0.6) is 11.5 Å². The smallest absolute Gasteiger partial charge is 0.298 e. The van der Waals surface area contributed by atoms with Crippen LogP contribution in [0.3, 0.4) is 0 Å². The summed E-state index contributed by atoms with van der Waals surface area (Å²) >= 11 is 3.28. The number of rotatable bonds is 5. The predicted octanol–water partition coefficient (Wildman–Crippen LogP) is 1.76. The van der Waals surface area contributed by atoms with Crippen LogP contribution in [0.2, 0.25) is 0 Å². The van der Waals surface area contributed by atoms with E-state index in [1.165, 1.54) is 0 Å². The lowest BCUT2D eigenvalue weighted by molar-refractivity contribution is -0.120. The predicted molar refractivity (Wildman–Crippen MR) is 56.1 cm³/mol. The Morgan fingerprint density at radius 1 is 1.53 bits per heavy atom. The maximum atomic E-state index is 10.3. The van der Waals surface area contributed by atoms with Crippen LogP contribution in [-0.4, -0.2) is 25.8 Å². The van der Waals surface area contributed by atoms with Gasteiger partial charge in [-0.15, -0.1) is 0 Å². The van der Waals surface area contributed by atoms with Crippen LogP contribution in [0.1, 0.15) is 0 Å².